The smallest absolute Gasteiger partial charge is 0.248 e. The molecule has 2 heteroatoms. The molecule has 0 spiro atoms. The Morgan fingerprint density at radius 3 is 2.67 bits per heavy atom. The Labute approximate surface area is 71.7 Å². The van der Waals surface area contributed by atoms with E-state index in [4.69, 9.17) is 6.57 Å². The van der Waals surface area contributed by atoms with E-state index in [0.29, 0.717) is 5.56 Å². The molecule has 1 nitrogen and oxygen atoms in total. The number of aryl methyl sites for hydroxylation is 1. The van der Waals surface area contributed by atoms with Crippen LogP contribution in [0.3, 0.4) is 0 Å². The van der Waals surface area contributed by atoms with Gasteiger partial charge in [0.2, 0.25) is 6.04 Å². The van der Waals surface area contributed by atoms with E-state index in [-0.39, 0.29) is 11.9 Å². The number of rotatable bonds is 1. The lowest BCUT2D eigenvalue weighted by Crippen LogP contribution is -1.92. The summed E-state index contributed by atoms with van der Waals surface area (Å²) in [6, 6.07) is 4.57. The predicted molar refractivity (Wildman–Crippen MR) is 46.2 cm³/mol. The molecule has 0 N–H and O–H groups in total. The van der Waals surface area contributed by atoms with Crippen LogP contribution >= 0.6 is 0 Å². The molecule has 0 aliphatic carbocycles. The van der Waals surface area contributed by atoms with Crippen LogP contribution in [0.2, 0.25) is 0 Å². The van der Waals surface area contributed by atoms with Crippen molar-refractivity contribution in [2.45, 2.75) is 19.9 Å². The zero-order valence-electron chi connectivity index (χ0n) is 7.13. The van der Waals surface area contributed by atoms with E-state index in [0.717, 1.165) is 5.56 Å². The van der Waals surface area contributed by atoms with Crippen molar-refractivity contribution < 1.29 is 4.39 Å². The Morgan fingerprint density at radius 1 is 1.50 bits per heavy atom. The molecule has 1 rings (SSSR count). The largest absolute Gasteiger partial charge is 0.309 e. The second kappa shape index (κ2) is 3.36. The summed E-state index contributed by atoms with van der Waals surface area (Å²) < 4.78 is 13.1. The number of benzene rings is 1. The van der Waals surface area contributed by atoms with Gasteiger partial charge in [0.05, 0.1) is 5.56 Å². The fourth-order valence-electron chi connectivity index (χ4n) is 1.04. The van der Waals surface area contributed by atoms with Crippen LogP contribution < -0.4 is 0 Å². The van der Waals surface area contributed by atoms with Crippen LogP contribution in [0.4, 0.5) is 4.39 Å². The molecule has 1 atom stereocenters. The molecule has 1 aromatic rings. The standard InChI is InChI=1S/C10H10FN/c1-7-4-5-9(8(2)12-3)10(11)6-7/h4-6,8H,1-2H3. The molecule has 1 unspecified atom stereocenters. The quantitative estimate of drug-likeness (QED) is 0.560. The van der Waals surface area contributed by atoms with Crippen molar-refractivity contribution in [1.29, 1.82) is 0 Å². The van der Waals surface area contributed by atoms with E-state index < -0.39 is 0 Å². The van der Waals surface area contributed by atoms with Gasteiger partial charge < -0.3 is 4.85 Å². The van der Waals surface area contributed by atoms with Gasteiger partial charge in [0, 0.05) is 6.92 Å². The Morgan fingerprint density at radius 2 is 2.17 bits per heavy atom. The normalized spacial score (nSPS) is 12.2. The second-order valence-corrected chi connectivity index (χ2v) is 2.83. The molecule has 1 aromatic carbocycles. The molecule has 0 aliphatic heterocycles. The summed E-state index contributed by atoms with van der Waals surface area (Å²) in [6.07, 6.45) is 0. The number of hydrogen-bond donors (Lipinski definition) is 0. The van der Waals surface area contributed by atoms with Crippen LogP contribution in [0.25, 0.3) is 4.85 Å². The highest BCUT2D eigenvalue weighted by atomic mass is 19.1. The Kier molecular flexibility index (Phi) is 2.44. The lowest BCUT2D eigenvalue weighted by molar-refractivity contribution is 0.603. The first-order valence-corrected chi connectivity index (χ1v) is 3.77. The van der Waals surface area contributed by atoms with Gasteiger partial charge in [0.25, 0.3) is 0 Å². The maximum atomic E-state index is 13.1. The molecule has 0 amide bonds. The van der Waals surface area contributed by atoms with Gasteiger partial charge in [-0.1, -0.05) is 6.07 Å². The highest BCUT2D eigenvalue weighted by Gasteiger charge is 2.13. The lowest BCUT2D eigenvalue weighted by Gasteiger charge is -2.01. The summed E-state index contributed by atoms with van der Waals surface area (Å²) in [6.45, 7) is 10.3. The predicted octanol–water partition coefficient (Wildman–Crippen LogP) is 3.11. The number of hydrogen-bond acceptors (Lipinski definition) is 0. The van der Waals surface area contributed by atoms with Gasteiger partial charge in [-0.25, -0.2) is 11.0 Å². The van der Waals surface area contributed by atoms with E-state index in [1.807, 2.05) is 13.0 Å². The minimum absolute atomic E-state index is 0.279. The molecule has 0 heterocycles. The molecular formula is C10H10FN. The summed E-state index contributed by atoms with van der Waals surface area (Å²) >= 11 is 0. The molecule has 0 saturated carbocycles. The average molecular weight is 163 g/mol. The summed E-state index contributed by atoms with van der Waals surface area (Å²) in [5.41, 5.74) is 1.36. The van der Waals surface area contributed by atoms with Crippen molar-refractivity contribution in [2.75, 3.05) is 0 Å². The lowest BCUT2D eigenvalue weighted by atomic mass is 10.1. The maximum absolute atomic E-state index is 13.1. The van der Waals surface area contributed by atoms with E-state index in [2.05, 4.69) is 4.85 Å². The van der Waals surface area contributed by atoms with Crippen molar-refractivity contribution in [2.24, 2.45) is 0 Å². The Balaban J connectivity index is 3.11. The zero-order valence-corrected chi connectivity index (χ0v) is 7.13. The van der Waals surface area contributed by atoms with Crippen molar-refractivity contribution in [1.82, 2.24) is 0 Å². The van der Waals surface area contributed by atoms with Gasteiger partial charge in [-0.2, -0.15) is 0 Å². The molecule has 0 radical (unpaired) electrons. The van der Waals surface area contributed by atoms with Crippen molar-refractivity contribution >= 4 is 0 Å². The zero-order chi connectivity index (χ0) is 9.14. The van der Waals surface area contributed by atoms with Crippen LogP contribution in [0, 0.1) is 19.3 Å². The minimum Gasteiger partial charge on any atom is -0.309 e. The molecule has 0 aliphatic rings. The first-order chi connectivity index (χ1) is 5.65. The monoisotopic (exact) mass is 163 g/mol. The van der Waals surface area contributed by atoms with Gasteiger partial charge in [-0.05, 0) is 24.6 Å². The van der Waals surface area contributed by atoms with Crippen LogP contribution in [0.15, 0.2) is 18.2 Å². The fourth-order valence-corrected chi connectivity index (χ4v) is 1.04. The summed E-state index contributed by atoms with van der Waals surface area (Å²) in [4.78, 5) is 3.26. The third-order valence-electron chi connectivity index (χ3n) is 1.80. The number of halogens is 1. The first-order valence-electron chi connectivity index (χ1n) is 3.77. The van der Waals surface area contributed by atoms with E-state index >= 15 is 0 Å². The van der Waals surface area contributed by atoms with Crippen molar-refractivity contribution in [3.05, 3.63) is 46.6 Å². The van der Waals surface area contributed by atoms with Crippen LogP contribution in [-0.2, 0) is 0 Å². The minimum atomic E-state index is -0.384. The first kappa shape index (κ1) is 8.73. The third-order valence-corrected chi connectivity index (χ3v) is 1.80. The summed E-state index contributed by atoms with van der Waals surface area (Å²) in [7, 11) is 0. The van der Waals surface area contributed by atoms with Crippen LogP contribution in [0.5, 0.6) is 0 Å². The Hall–Kier alpha value is -1.36. The van der Waals surface area contributed by atoms with E-state index in [1.165, 1.54) is 6.07 Å². The fraction of sp³-hybridized carbons (Fsp3) is 0.300. The SMILES string of the molecule is [C-]#[N+]C(C)c1ccc(C)cc1F. The number of nitrogens with zero attached hydrogens (tertiary/aromatic N) is 1. The topological polar surface area (TPSA) is 4.36 Å². The van der Waals surface area contributed by atoms with Gasteiger partial charge in [-0.15, -0.1) is 0 Å². The van der Waals surface area contributed by atoms with Gasteiger partial charge in [0.15, 0.2) is 0 Å². The maximum Gasteiger partial charge on any atom is 0.248 e. The van der Waals surface area contributed by atoms with Gasteiger partial charge in [-0.3, -0.25) is 0 Å². The average Bonchev–Trinajstić information content (AvgIpc) is 2.03. The third kappa shape index (κ3) is 1.62. The molecule has 0 aromatic heterocycles. The Bertz CT molecular complexity index is 325. The molecule has 0 saturated heterocycles. The molecule has 0 bridgehead atoms. The van der Waals surface area contributed by atoms with Crippen LogP contribution in [0.1, 0.15) is 24.1 Å². The van der Waals surface area contributed by atoms with E-state index in [9.17, 15) is 4.39 Å². The second-order valence-electron chi connectivity index (χ2n) is 2.83. The van der Waals surface area contributed by atoms with Crippen molar-refractivity contribution in [3.63, 3.8) is 0 Å². The van der Waals surface area contributed by atoms with Crippen molar-refractivity contribution in [3.8, 4) is 0 Å². The summed E-state index contributed by atoms with van der Waals surface area (Å²) in [5.74, 6) is -0.279. The van der Waals surface area contributed by atoms with Crippen LogP contribution in [-0.4, -0.2) is 0 Å². The molecule has 12 heavy (non-hydrogen) atoms. The van der Waals surface area contributed by atoms with E-state index in [1.54, 1.807) is 13.0 Å². The van der Waals surface area contributed by atoms with Gasteiger partial charge >= 0.3 is 0 Å². The molecule has 0 fully saturated rings. The highest BCUT2D eigenvalue weighted by molar-refractivity contribution is 5.27. The molecule has 62 valence electrons. The van der Waals surface area contributed by atoms with Gasteiger partial charge in [0.1, 0.15) is 5.82 Å². The highest BCUT2D eigenvalue weighted by Crippen LogP contribution is 2.20. The summed E-state index contributed by atoms with van der Waals surface area (Å²) in [5, 5.41) is 0. The molecular weight excluding hydrogens is 153 g/mol.